The Labute approximate surface area is 91.6 Å². The smallest absolute Gasteiger partial charge is 0.123 e. The lowest BCUT2D eigenvalue weighted by Crippen LogP contribution is -2.22. The summed E-state index contributed by atoms with van der Waals surface area (Å²) in [4.78, 5) is 0. The molecule has 0 heterocycles. The SMILES string of the molecule is COc1cc(C)cc(C)c1CNCCN. The fraction of sp³-hybridized carbons (Fsp3) is 0.500. The zero-order valence-electron chi connectivity index (χ0n) is 9.76. The van der Waals surface area contributed by atoms with Crippen molar-refractivity contribution in [2.45, 2.75) is 20.4 Å². The molecule has 3 heteroatoms. The van der Waals surface area contributed by atoms with Crippen LogP contribution in [0.5, 0.6) is 5.75 Å². The fourth-order valence-electron chi connectivity index (χ4n) is 1.68. The van der Waals surface area contributed by atoms with Gasteiger partial charge in [-0.05, 0) is 31.0 Å². The average molecular weight is 208 g/mol. The van der Waals surface area contributed by atoms with Crippen LogP contribution < -0.4 is 15.8 Å². The summed E-state index contributed by atoms with van der Waals surface area (Å²) in [6.07, 6.45) is 0. The van der Waals surface area contributed by atoms with Gasteiger partial charge in [0, 0.05) is 25.2 Å². The van der Waals surface area contributed by atoms with Gasteiger partial charge in [0.15, 0.2) is 0 Å². The molecule has 3 N–H and O–H groups in total. The van der Waals surface area contributed by atoms with E-state index >= 15 is 0 Å². The summed E-state index contributed by atoms with van der Waals surface area (Å²) in [6.45, 7) is 6.48. The molecule has 0 saturated carbocycles. The van der Waals surface area contributed by atoms with Crippen molar-refractivity contribution in [1.29, 1.82) is 0 Å². The Kier molecular flexibility index (Phi) is 4.59. The molecule has 0 aliphatic carbocycles. The normalized spacial score (nSPS) is 10.4. The van der Waals surface area contributed by atoms with Crippen LogP contribution in [0.3, 0.4) is 0 Å². The minimum absolute atomic E-state index is 0.660. The quantitative estimate of drug-likeness (QED) is 0.718. The van der Waals surface area contributed by atoms with Gasteiger partial charge >= 0.3 is 0 Å². The largest absolute Gasteiger partial charge is 0.496 e. The summed E-state index contributed by atoms with van der Waals surface area (Å²) in [6, 6.07) is 4.23. The van der Waals surface area contributed by atoms with Crippen molar-refractivity contribution in [2.75, 3.05) is 20.2 Å². The van der Waals surface area contributed by atoms with E-state index in [1.54, 1.807) is 7.11 Å². The van der Waals surface area contributed by atoms with Gasteiger partial charge in [0.05, 0.1) is 7.11 Å². The van der Waals surface area contributed by atoms with E-state index in [1.165, 1.54) is 16.7 Å². The van der Waals surface area contributed by atoms with E-state index in [4.69, 9.17) is 10.5 Å². The van der Waals surface area contributed by atoms with Crippen molar-refractivity contribution in [2.24, 2.45) is 5.73 Å². The van der Waals surface area contributed by atoms with Crippen molar-refractivity contribution >= 4 is 0 Å². The number of methoxy groups -OCH3 is 1. The van der Waals surface area contributed by atoms with Crippen molar-refractivity contribution in [3.63, 3.8) is 0 Å². The first-order valence-corrected chi connectivity index (χ1v) is 5.24. The van der Waals surface area contributed by atoms with Crippen molar-refractivity contribution in [3.8, 4) is 5.75 Å². The minimum atomic E-state index is 0.660. The van der Waals surface area contributed by atoms with Crippen LogP contribution >= 0.6 is 0 Å². The monoisotopic (exact) mass is 208 g/mol. The Morgan fingerprint density at radius 1 is 1.33 bits per heavy atom. The van der Waals surface area contributed by atoms with Gasteiger partial charge in [-0.25, -0.2) is 0 Å². The summed E-state index contributed by atoms with van der Waals surface area (Å²) in [7, 11) is 1.71. The van der Waals surface area contributed by atoms with Crippen LogP contribution in [-0.4, -0.2) is 20.2 Å². The molecule has 1 aromatic carbocycles. The highest BCUT2D eigenvalue weighted by molar-refractivity contribution is 5.42. The van der Waals surface area contributed by atoms with Gasteiger partial charge in [-0.15, -0.1) is 0 Å². The third-order valence-electron chi connectivity index (χ3n) is 2.42. The second kappa shape index (κ2) is 5.73. The van der Waals surface area contributed by atoms with Gasteiger partial charge in [0.2, 0.25) is 0 Å². The Morgan fingerprint density at radius 3 is 2.67 bits per heavy atom. The maximum absolute atomic E-state index is 5.43. The molecule has 0 saturated heterocycles. The molecule has 0 aliphatic rings. The number of benzene rings is 1. The number of hydrogen-bond acceptors (Lipinski definition) is 3. The van der Waals surface area contributed by atoms with Crippen LogP contribution in [0, 0.1) is 13.8 Å². The Morgan fingerprint density at radius 2 is 2.07 bits per heavy atom. The maximum atomic E-state index is 5.43. The number of nitrogens with two attached hydrogens (primary N) is 1. The molecular formula is C12H20N2O. The van der Waals surface area contributed by atoms with E-state index in [-0.39, 0.29) is 0 Å². The minimum Gasteiger partial charge on any atom is -0.496 e. The van der Waals surface area contributed by atoms with Crippen LogP contribution in [0.15, 0.2) is 12.1 Å². The summed E-state index contributed by atoms with van der Waals surface area (Å²) in [5.41, 5.74) is 9.14. The van der Waals surface area contributed by atoms with E-state index in [0.717, 1.165) is 18.8 Å². The van der Waals surface area contributed by atoms with Gasteiger partial charge in [0.1, 0.15) is 5.75 Å². The molecule has 0 bridgehead atoms. The number of hydrogen-bond donors (Lipinski definition) is 2. The molecule has 1 rings (SSSR count). The molecule has 1 aromatic rings. The molecule has 0 aliphatic heterocycles. The molecule has 0 amide bonds. The van der Waals surface area contributed by atoms with Crippen molar-refractivity contribution in [1.82, 2.24) is 5.32 Å². The number of ether oxygens (including phenoxy) is 1. The van der Waals surface area contributed by atoms with Crippen LogP contribution in [0.2, 0.25) is 0 Å². The molecular weight excluding hydrogens is 188 g/mol. The second-order valence-corrected chi connectivity index (χ2v) is 3.73. The van der Waals surface area contributed by atoms with E-state index < -0.39 is 0 Å². The van der Waals surface area contributed by atoms with Gasteiger partial charge in [-0.2, -0.15) is 0 Å². The molecule has 0 radical (unpaired) electrons. The van der Waals surface area contributed by atoms with Crippen molar-refractivity contribution < 1.29 is 4.74 Å². The predicted molar refractivity (Wildman–Crippen MR) is 63.2 cm³/mol. The molecule has 0 atom stereocenters. The van der Waals surface area contributed by atoms with E-state index in [0.29, 0.717) is 6.54 Å². The van der Waals surface area contributed by atoms with Crippen molar-refractivity contribution in [3.05, 3.63) is 28.8 Å². The number of rotatable bonds is 5. The summed E-state index contributed by atoms with van der Waals surface area (Å²) < 4.78 is 5.37. The highest BCUT2D eigenvalue weighted by atomic mass is 16.5. The summed E-state index contributed by atoms with van der Waals surface area (Å²) in [5, 5.41) is 3.28. The first-order valence-electron chi connectivity index (χ1n) is 5.24. The van der Waals surface area contributed by atoms with Crippen LogP contribution in [0.25, 0.3) is 0 Å². The third-order valence-corrected chi connectivity index (χ3v) is 2.42. The number of aryl methyl sites for hydroxylation is 2. The van der Waals surface area contributed by atoms with Crippen LogP contribution in [0.4, 0.5) is 0 Å². The molecule has 0 aromatic heterocycles. The lowest BCUT2D eigenvalue weighted by molar-refractivity contribution is 0.407. The predicted octanol–water partition coefficient (Wildman–Crippen LogP) is 1.36. The summed E-state index contributed by atoms with van der Waals surface area (Å²) >= 11 is 0. The Hall–Kier alpha value is -1.06. The van der Waals surface area contributed by atoms with E-state index in [9.17, 15) is 0 Å². The zero-order chi connectivity index (χ0) is 11.3. The van der Waals surface area contributed by atoms with E-state index in [1.807, 2.05) is 0 Å². The Balaban J connectivity index is 2.84. The van der Waals surface area contributed by atoms with Gasteiger partial charge < -0.3 is 15.8 Å². The van der Waals surface area contributed by atoms with Gasteiger partial charge in [0.25, 0.3) is 0 Å². The lowest BCUT2D eigenvalue weighted by atomic mass is 10.0. The standard InChI is InChI=1S/C12H20N2O/c1-9-6-10(2)11(8-14-5-4-13)12(7-9)15-3/h6-7,14H,4-5,8,13H2,1-3H3. The first kappa shape index (κ1) is 12.0. The van der Waals surface area contributed by atoms with Gasteiger partial charge in [-0.3, -0.25) is 0 Å². The molecule has 84 valence electrons. The Bertz CT molecular complexity index is 324. The van der Waals surface area contributed by atoms with Crippen LogP contribution in [-0.2, 0) is 6.54 Å². The first-order chi connectivity index (χ1) is 7.19. The molecule has 15 heavy (non-hydrogen) atoms. The maximum Gasteiger partial charge on any atom is 0.123 e. The van der Waals surface area contributed by atoms with E-state index in [2.05, 4.69) is 31.3 Å². The average Bonchev–Trinajstić information content (AvgIpc) is 2.20. The second-order valence-electron chi connectivity index (χ2n) is 3.73. The highest BCUT2D eigenvalue weighted by Crippen LogP contribution is 2.23. The molecule has 0 spiro atoms. The zero-order valence-corrected chi connectivity index (χ0v) is 9.76. The topological polar surface area (TPSA) is 47.3 Å². The van der Waals surface area contributed by atoms with Gasteiger partial charge in [-0.1, -0.05) is 6.07 Å². The lowest BCUT2D eigenvalue weighted by Gasteiger charge is -2.13. The third kappa shape index (κ3) is 3.22. The molecule has 0 unspecified atom stereocenters. The summed E-state index contributed by atoms with van der Waals surface area (Å²) in [5.74, 6) is 0.956. The molecule has 3 nitrogen and oxygen atoms in total. The number of nitrogens with one attached hydrogen (secondary N) is 1. The fourth-order valence-corrected chi connectivity index (χ4v) is 1.68. The highest BCUT2D eigenvalue weighted by Gasteiger charge is 2.06. The molecule has 0 fully saturated rings. The van der Waals surface area contributed by atoms with Crippen LogP contribution in [0.1, 0.15) is 16.7 Å².